The highest BCUT2D eigenvalue weighted by Gasteiger charge is 2.24. The number of hydroxylamine groups is 1. The number of primary amides is 1. The highest BCUT2D eigenvalue weighted by atomic mass is 16.5. The van der Waals surface area contributed by atoms with Gasteiger partial charge in [-0.05, 0) is 6.42 Å². The van der Waals surface area contributed by atoms with Crippen LogP contribution in [0, 0.1) is 5.92 Å². The molecular weight excluding hydrogens is 258 g/mol. The lowest BCUT2D eigenvalue weighted by Crippen LogP contribution is -2.45. The Morgan fingerprint density at radius 2 is 1.84 bits per heavy atom. The lowest BCUT2D eigenvalue weighted by Gasteiger charge is -2.16. The van der Waals surface area contributed by atoms with Crippen LogP contribution in [0.5, 0.6) is 0 Å². The van der Waals surface area contributed by atoms with Crippen LogP contribution >= 0.6 is 0 Å². The van der Waals surface area contributed by atoms with Crippen molar-refractivity contribution in [2.24, 2.45) is 11.7 Å². The third-order valence-corrected chi connectivity index (χ3v) is 2.40. The first-order valence-corrected chi connectivity index (χ1v) is 5.52. The lowest BCUT2D eigenvalue weighted by atomic mass is 10.0. The van der Waals surface area contributed by atoms with Crippen molar-refractivity contribution in [1.29, 1.82) is 0 Å². The summed E-state index contributed by atoms with van der Waals surface area (Å²) < 4.78 is 0. The Hall–Kier alpha value is -2.16. The zero-order valence-corrected chi connectivity index (χ0v) is 10.4. The summed E-state index contributed by atoms with van der Waals surface area (Å²) in [4.78, 5) is 43.8. The highest BCUT2D eigenvalue weighted by molar-refractivity contribution is 5.89. The van der Waals surface area contributed by atoms with Crippen LogP contribution in [0.15, 0.2) is 0 Å². The number of carbonyl (C=O) groups excluding carboxylic acids is 3. The molecule has 0 aliphatic rings. The van der Waals surface area contributed by atoms with Gasteiger partial charge in [-0.25, -0.2) is 10.3 Å². The molecule has 0 aromatic carbocycles. The molecule has 2 atom stereocenters. The Labute approximate surface area is 109 Å². The fourth-order valence-electron chi connectivity index (χ4n) is 1.25. The van der Waals surface area contributed by atoms with Crippen LogP contribution in [0.1, 0.15) is 26.2 Å². The summed E-state index contributed by atoms with van der Waals surface area (Å²) in [5.41, 5.74) is 6.28. The van der Waals surface area contributed by atoms with E-state index in [0.29, 0.717) is 0 Å². The molecule has 19 heavy (non-hydrogen) atoms. The van der Waals surface area contributed by atoms with E-state index in [1.165, 1.54) is 12.4 Å². The molecule has 9 heteroatoms. The number of nitrogens with one attached hydrogen (secondary N) is 2. The quantitative estimate of drug-likeness (QED) is 0.263. The molecule has 0 saturated carbocycles. The van der Waals surface area contributed by atoms with E-state index in [4.69, 9.17) is 16.0 Å². The lowest BCUT2D eigenvalue weighted by molar-refractivity contribution is -0.144. The van der Waals surface area contributed by atoms with E-state index in [1.807, 2.05) is 0 Å². The van der Waals surface area contributed by atoms with E-state index >= 15 is 0 Å². The van der Waals surface area contributed by atoms with Crippen molar-refractivity contribution in [3.8, 4) is 0 Å². The third-order valence-electron chi connectivity index (χ3n) is 2.40. The molecule has 0 spiro atoms. The Morgan fingerprint density at radius 1 is 1.26 bits per heavy atom. The molecule has 0 fully saturated rings. The largest absolute Gasteiger partial charge is 0.480 e. The first kappa shape index (κ1) is 16.8. The molecule has 108 valence electrons. The van der Waals surface area contributed by atoms with E-state index in [0.717, 1.165) is 0 Å². The van der Waals surface area contributed by atoms with Gasteiger partial charge in [0.1, 0.15) is 6.04 Å². The van der Waals surface area contributed by atoms with E-state index in [9.17, 15) is 19.2 Å². The summed E-state index contributed by atoms with van der Waals surface area (Å²) >= 11 is 0. The van der Waals surface area contributed by atoms with Crippen LogP contribution in [-0.2, 0) is 19.2 Å². The predicted molar refractivity (Wildman–Crippen MR) is 61.7 cm³/mol. The number of carbonyl (C=O) groups is 4. The van der Waals surface area contributed by atoms with Gasteiger partial charge in [0.2, 0.25) is 17.7 Å². The molecule has 0 rings (SSSR count). The van der Waals surface area contributed by atoms with Gasteiger partial charge in [-0.3, -0.25) is 19.6 Å². The molecule has 9 nitrogen and oxygen atoms in total. The van der Waals surface area contributed by atoms with E-state index < -0.39 is 42.1 Å². The second-order valence-electron chi connectivity index (χ2n) is 4.04. The summed E-state index contributed by atoms with van der Waals surface area (Å²) in [7, 11) is 0. The number of carboxylic acids is 1. The number of nitrogens with two attached hydrogens (primary N) is 1. The van der Waals surface area contributed by atoms with Crippen molar-refractivity contribution in [1.82, 2.24) is 10.8 Å². The highest BCUT2D eigenvalue weighted by Crippen LogP contribution is 2.06. The molecule has 0 aliphatic carbocycles. The number of carboxylic acid groups (broad SMARTS) is 1. The summed E-state index contributed by atoms with van der Waals surface area (Å²) in [6.07, 6.45) is -0.468. The Bertz CT molecular complexity index is 370. The van der Waals surface area contributed by atoms with Crippen LogP contribution in [0.3, 0.4) is 0 Å². The Kier molecular flexibility index (Phi) is 7.12. The van der Waals surface area contributed by atoms with Crippen molar-refractivity contribution in [2.75, 3.05) is 0 Å². The van der Waals surface area contributed by atoms with Gasteiger partial charge in [0, 0.05) is 12.3 Å². The van der Waals surface area contributed by atoms with Crippen molar-refractivity contribution < 1.29 is 29.5 Å². The van der Waals surface area contributed by atoms with Gasteiger partial charge in [0.15, 0.2) is 0 Å². The van der Waals surface area contributed by atoms with Gasteiger partial charge >= 0.3 is 5.97 Å². The van der Waals surface area contributed by atoms with Crippen molar-refractivity contribution in [3.05, 3.63) is 0 Å². The van der Waals surface area contributed by atoms with E-state index in [2.05, 4.69) is 5.32 Å². The molecule has 0 aromatic heterocycles. The standard InChI is InChI=1S/C10H17N3O6/c1-5(2-3-8(15)13-19)9(16)12-6(10(17)18)4-7(11)14/h5-6,19H,2-4H2,1H3,(H2,11,14)(H,12,16)(H,13,15)(H,17,18)/t5?,6-/m0/s1. The molecular formula is C10H17N3O6. The molecule has 0 saturated heterocycles. The third kappa shape index (κ3) is 6.99. The summed E-state index contributed by atoms with van der Waals surface area (Å²) in [6, 6.07) is -1.39. The van der Waals surface area contributed by atoms with Crippen LogP contribution in [0.25, 0.3) is 0 Å². The van der Waals surface area contributed by atoms with Crippen LogP contribution < -0.4 is 16.5 Å². The van der Waals surface area contributed by atoms with E-state index in [-0.39, 0.29) is 12.8 Å². The van der Waals surface area contributed by atoms with Crippen LogP contribution in [0.2, 0.25) is 0 Å². The van der Waals surface area contributed by atoms with E-state index in [1.54, 1.807) is 0 Å². The van der Waals surface area contributed by atoms with Gasteiger partial charge in [0.25, 0.3) is 0 Å². The van der Waals surface area contributed by atoms with Crippen molar-refractivity contribution in [2.45, 2.75) is 32.2 Å². The summed E-state index contributed by atoms with van der Waals surface area (Å²) in [5, 5.41) is 19.2. The molecule has 0 aromatic rings. The molecule has 1 unspecified atom stereocenters. The molecule has 0 heterocycles. The Morgan fingerprint density at radius 3 is 2.26 bits per heavy atom. The van der Waals surface area contributed by atoms with Gasteiger partial charge in [0.05, 0.1) is 6.42 Å². The van der Waals surface area contributed by atoms with Crippen LogP contribution in [0.4, 0.5) is 0 Å². The van der Waals surface area contributed by atoms with Crippen molar-refractivity contribution >= 4 is 23.7 Å². The maximum atomic E-state index is 11.6. The fourth-order valence-corrected chi connectivity index (χ4v) is 1.25. The smallest absolute Gasteiger partial charge is 0.326 e. The number of hydrogen-bond donors (Lipinski definition) is 5. The fraction of sp³-hybridized carbons (Fsp3) is 0.600. The number of aliphatic carboxylic acids is 1. The number of rotatable bonds is 8. The minimum absolute atomic E-state index is 0.0847. The Balaban J connectivity index is 4.35. The topological polar surface area (TPSA) is 159 Å². The molecule has 6 N–H and O–H groups in total. The number of hydrogen-bond acceptors (Lipinski definition) is 5. The first-order valence-electron chi connectivity index (χ1n) is 5.52. The molecule has 0 bridgehead atoms. The van der Waals surface area contributed by atoms with Crippen molar-refractivity contribution in [3.63, 3.8) is 0 Å². The second-order valence-corrected chi connectivity index (χ2v) is 4.04. The van der Waals surface area contributed by atoms with Gasteiger partial charge in [-0.1, -0.05) is 6.92 Å². The predicted octanol–water partition coefficient (Wildman–Crippen LogP) is -1.65. The van der Waals surface area contributed by atoms with Gasteiger partial charge < -0.3 is 16.2 Å². The number of amides is 3. The summed E-state index contributed by atoms with van der Waals surface area (Å²) in [5.74, 6) is -4.12. The maximum Gasteiger partial charge on any atom is 0.326 e. The monoisotopic (exact) mass is 275 g/mol. The first-order chi connectivity index (χ1) is 8.77. The normalized spacial score (nSPS) is 13.2. The minimum Gasteiger partial charge on any atom is -0.480 e. The molecule has 0 aliphatic heterocycles. The summed E-state index contributed by atoms with van der Waals surface area (Å²) in [6.45, 7) is 1.49. The average Bonchev–Trinajstić information content (AvgIpc) is 2.33. The zero-order chi connectivity index (χ0) is 15.0. The second kappa shape index (κ2) is 8.03. The molecule has 0 radical (unpaired) electrons. The zero-order valence-electron chi connectivity index (χ0n) is 10.4. The SMILES string of the molecule is CC(CCC(=O)NO)C(=O)N[C@@H](CC(N)=O)C(=O)O. The molecule has 3 amide bonds. The maximum absolute atomic E-state index is 11.6. The van der Waals surface area contributed by atoms with Gasteiger partial charge in [-0.15, -0.1) is 0 Å². The van der Waals surface area contributed by atoms with Crippen LogP contribution in [-0.4, -0.2) is 40.0 Å². The minimum atomic E-state index is -1.39. The van der Waals surface area contributed by atoms with Gasteiger partial charge in [-0.2, -0.15) is 0 Å². The average molecular weight is 275 g/mol.